The van der Waals surface area contributed by atoms with Gasteiger partial charge in [-0.05, 0) is 62.7 Å². The molecule has 6 N–H and O–H groups in total. The van der Waals surface area contributed by atoms with E-state index >= 15 is 0 Å². The van der Waals surface area contributed by atoms with Crippen molar-refractivity contribution >= 4 is 18.5 Å². The number of nitrogens with zero attached hydrogens (tertiary/aromatic N) is 1. The van der Waals surface area contributed by atoms with Crippen LogP contribution in [-0.4, -0.2) is 64.6 Å². The van der Waals surface area contributed by atoms with Crippen molar-refractivity contribution in [1.82, 2.24) is 15.5 Å². The number of nitrogens with two attached hydrogens (primary N) is 1. The minimum absolute atomic E-state index is 0.0255. The monoisotopic (exact) mass is 576 g/mol. The Morgan fingerprint density at radius 2 is 1.78 bits per heavy atom. The second-order valence-electron chi connectivity index (χ2n) is 10.3. The molecule has 1 amide bonds. The van der Waals surface area contributed by atoms with Crippen LogP contribution >= 0.6 is 0 Å². The van der Waals surface area contributed by atoms with Crippen molar-refractivity contribution in [2.24, 2.45) is 5.73 Å². The number of amides is 1. The first kappa shape index (κ1) is 35.9. The lowest BCUT2D eigenvalue weighted by molar-refractivity contribution is -0.117. The zero-order chi connectivity index (χ0) is 30.8. The number of rotatable bonds is 10. The van der Waals surface area contributed by atoms with Crippen molar-refractivity contribution in [2.45, 2.75) is 103 Å². The van der Waals surface area contributed by atoms with Gasteiger partial charge in [-0.25, -0.2) is 4.39 Å². The topological polar surface area (TPSA) is 145 Å². The van der Waals surface area contributed by atoms with Crippen LogP contribution in [0, 0.1) is 0 Å². The van der Waals surface area contributed by atoms with E-state index in [0.29, 0.717) is 36.6 Å². The highest BCUT2D eigenvalue weighted by Gasteiger charge is 2.43. The number of aldehydes is 2. The lowest BCUT2D eigenvalue weighted by Gasteiger charge is -2.36. The van der Waals surface area contributed by atoms with Crippen molar-refractivity contribution < 1.29 is 29.0 Å². The minimum Gasteiger partial charge on any atom is -0.504 e. The molecule has 10 heteroatoms. The summed E-state index contributed by atoms with van der Waals surface area (Å²) in [5, 5.41) is 27.8. The van der Waals surface area contributed by atoms with Gasteiger partial charge in [0.05, 0.1) is 6.33 Å². The molecule has 1 aliphatic carbocycles. The third-order valence-corrected chi connectivity index (χ3v) is 7.05. The fraction of sp³-hybridized carbons (Fsp3) is 0.581. The number of likely N-dealkylation sites (tertiary alicyclic amines) is 1. The van der Waals surface area contributed by atoms with Crippen molar-refractivity contribution in [3.63, 3.8) is 0 Å². The van der Waals surface area contributed by atoms with Gasteiger partial charge in [-0.15, -0.1) is 0 Å². The molecule has 0 aromatic rings. The van der Waals surface area contributed by atoms with Crippen LogP contribution in [0.5, 0.6) is 0 Å². The van der Waals surface area contributed by atoms with E-state index in [2.05, 4.69) is 10.6 Å². The lowest BCUT2D eigenvalue weighted by atomic mass is 9.92. The maximum Gasteiger partial charge on any atom is 0.269 e. The van der Waals surface area contributed by atoms with Gasteiger partial charge in [-0.2, -0.15) is 0 Å². The summed E-state index contributed by atoms with van der Waals surface area (Å²) in [6, 6.07) is 0.565. The number of aliphatic hydroxyl groups is 2. The molecule has 3 fully saturated rings. The Balaban J connectivity index is 0.000000911. The highest BCUT2D eigenvalue weighted by atomic mass is 19.1. The lowest BCUT2D eigenvalue weighted by Crippen LogP contribution is -2.49. The van der Waals surface area contributed by atoms with E-state index in [1.165, 1.54) is 32.3 Å². The van der Waals surface area contributed by atoms with Gasteiger partial charge in [-0.1, -0.05) is 58.3 Å². The Kier molecular flexibility index (Phi) is 16.8. The summed E-state index contributed by atoms with van der Waals surface area (Å²) in [5.41, 5.74) is 6.31. The quantitative estimate of drug-likeness (QED) is 0.112. The van der Waals surface area contributed by atoms with Gasteiger partial charge in [0.25, 0.3) is 5.91 Å². The number of carbonyl (C=O) groups excluding carboxylic acids is 3. The third-order valence-electron chi connectivity index (χ3n) is 7.05. The maximum atomic E-state index is 12.9. The molecule has 0 aromatic heterocycles. The molecule has 0 bridgehead atoms. The number of hydrogen-bond acceptors (Lipinski definition) is 8. The summed E-state index contributed by atoms with van der Waals surface area (Å²) in [5.74, 6) is -0.908. The average molecular weight is 577 g/mol. The Morgan fingerprint density at radius 3 is 2.24 bits per heavy atom. The van der Waals surface area contributed by atoms with Crippen LogP contribution in [0.2, 0.25) is 0 Å². The van der Waals surface area contributed by atoms with E-state index < -0.39 is 17.6 Å². The predicted octanol–water partition coefficient (Wildman–Crippen LogP) is 4.37. The van der Waals surface area contributed by atoms with E-state index in [-0.39, 0.29) is 24.3 Å². The summed E-state index contributed by atoms with van der Waals surface area (Å²) in [4.78, 5) is 34.9. The molecule has 2 saturated heterocycles. The van der Waals surface area contributed by atoms with Crippen LogP contribution in [-0.2, 0) is 14.4 Å². The molecule has 41 heavy (non-hydrogen) atoms. The molecule has 3 aliphatic rings. The minimum atomic E-state index is -1.30. The number of nitrogens with one attached hydrogen (secondary N) is 2. The van der Waals surface area contributed by atoms with Crippen molar-refractivity contribution in [1.29, 1.82) is 0 Å². The SMILES string of the molecule is CC/C=C/C(=C\C=C\F)CN1CCC(=C2/NC(CCC)(CCC)NC2=O)/C(=C(/O)C=O)C1O.CC=O.NC1CCC1. The van der Waals surface area contributed by atoms with Gasteiger partial charge in [0.2, 0.25) is 0 Å². The second kappa shape index (κ2) is 19.1. The molecule has 2 aliphatic heterocycles. The number of allylic oxidation sites excluding steroid dienone is 4. The Labute approximate surface area is 244 Å². The first-order valence-electron chi connectivity index (χ1n) is 14.6. The van der Waals surface area contributed by atoms with Crippen LogP contribution in [0.4, 0.5) is 4.39 Å². The van der Waals surface area contributed by atoms with E-state index in [4.69, 9.17) is 10.5 Å². The number of piperidine rings is 1. The molecule has 1 atom stereocenters. The molecule has 2 heterocycles. The van der Waals surface area contributed by atoms with Gasteiger partial charge in [-0.3, -0.25) is 14.5 Å². The fourth-order valence-corrected chi connectivity index (χ4v) is 4.94. The third kappa shape index (κ3) is 11.0. The predicted molar refractivity (Wildman–Crippen MR) is 160 cm³/mol. The van der Waals surface area contributed by atoms with E-state index in [1.54, 1.807) is 11.0 Å². The van der Waals surface area contributed by atoms with Crippen LogP contribution in [0.1, 0.15) is 85.5 Å². The highest BCUT2D eigenvalue weighted by molar-refractivity contribution is 5.98. The molecule has 0 spiro atoms. The summed E-state index contributed by atoms with van der Waals surface area (Å²) in [6.45, 7) is 8.16. The van der Waals surface area contributed by atoms with Gasteiger partial charge in [0.15, 0.2) is 12.0 Å². The van der Waals surface area contributed by atoms with Gasteiger partial charge in [0, 0.05) is 24.7 Å². The zero-order valence-corrected chi connectivity index (χ0v) is 25.0. The molecule has 0 aromatic carbocycles. The van der Waals surface area contributed by atoms with Crippen LogP contribution < -0.4 is 16.4 Å². The zero-order valence-electron chi connectivity index (χ0n) is 25.0. The second-order valence-corrected chi connectivity index (χ2v) is 10.3. The average Bonchev–Trinajstić information content (AvgIpc) is 3.25. The standard InChI is InChI=1S/C25H36FN3O4.C4H9N.C2H4O/c1-4-7-9-18(10-8-14-26)16-29-15-11-19(21(24(29)33)20(31)17-30)22-23(32)28-25(27-22,12-5-2)13-6-3;5-4-2-1-3-4;1-2-3/h7-10,14,17,24,27,31,33H,4-6,11-13,15-16H2,1-3H3,(H,28,32);4H,1-3,5H2;2H,1H3/b9-7+,14-8+,18-10+,21-20-,22-19-;;. The van der Waals surface area contributed by atoms with Crippen LogP contribution in [0.15, 0.2) is 58.8 Å². The van der Waals surface area contributed by atoms with Crippen molar-refractivity contribution in [3.8, 4) is 0 Å². The number of halogens is 1. The van der Waals surface area contributed by atoms with Crippen molar-refractivity contribution in [3.05, 3.63) is 58.8 Å². The van der Waals surface area contributed by atoms with Gasteiger partial charge >= 0.3 is 0 Å². The summed E-state index contributed by atoms with van der Waals surface area (Å²) >= 11 is 0. The molecule has 1 saturated carbocycles. The maximum absolute atomic E-state index is 12.9. The van der Waals surface area contributed by atoms with E-state index in [9.17, 15) is 24.2 Å². The Bertz CT molecular complexity index is 1010. The smallest absolute Gasteiger partial charge is 0.269 e. The number of carbonyl (C=O) groups is 3. The summed E-state index contributed by atoms with van der Waals surface area (Å²) in [7, 11) is 0. The van der Waals surface area contributed by atoms with Crippen molar-refractivity contribution in [2.75, 3.05) is 13.1 Å². The molecule has 9 nitrogen and oxygen atoms in total. The van der Waals surface area contributed by atoms with E-state index in [0.717, 1.165) is 44.0 Å². The normalized spacial score (nSPS) is 24.0. The van der Waals surface area contributed by atoms with E-state index in [1.807, 2.05) is 32.9 Å². The molecule has 3 rings (SSSR count). The Morgan fingerprint density at radius 1 is 1.17 bits per heavy atom. The summed E-state index contributed by atoms with van der Waals surface area (Å²) in [6.07, 6.45) is 15.0. The number of hydrogen-bond donors (Lipinski definition) is 5. The molecule has 230 valence electrons. The largest absolute Gasteiger partial charge is 0.504 e. The van der Waals surface area contributed by atoms with Gasteiger partial charge < -0.3 is 31.4 Å². The molecule has 0 radical (unpaired) electrons. The first-order chi connectivity index (χ1) is 19.7. The van der Waals surface area contributed by atoms with Crippen LogP contribution in [0.25, 0.3) is 0 Å². The first-order valence-corrected chi connectivity index (χ1v) is 14.6. The highest BCUT2D eigenvalue weighted by Crippen LogP contribution is 2.34. The molecular weight excluding hydrogens is 527 g/mol. The summed E-state index contributed by atoms with van der Waals surface area (Å²) < 4.78 is 12.5. The Hall–Kier alpha value is -3.08. The fourth-order valence-electron chi connectivity index (χ4n) is 4.94. The number of aliphatic hydroxyl groups excluding tert-OH is 2. The van der Waals surface area contributed by atoms with Crippen LogP contribution in [0.3, 0.4) is 0 Å². The van der Waals surface area contributed by atoms with Gasteiger partial charge in [0.1, 0.15) is 23.9 Å². The molecular formula is C31H49FN4O5. The molecule has 1 unspecified atom stereocenters.